The van der Waals surface area contributed by atoms with Gasteiger partial charge in [-0.25, -0.2) is 13.4 Å². The lowest BCUT2D eigenvalue weighted by Gasteiger charge is -2.10. The van der Waals surface area contributed by atoms with Gasteiger partial charge in [-0.15, -0.1) is 0 Å². The Morgan fingerprint density at radius 3 is 2.67 bits per heavy atom. The van der Waals surface area contributed by atoms with E-state index in [2.05, 4.69) is 9.97 Å². The quantitative estimate of drug-likeness (QED) is 0.744. The van der Waals surface area contributed by atoms with E-state index in [1.165, 1.54) is 6.07 Å². The average Bonchev–Trinajstić information content (AvgIpc) is 2.69. The third-order valence-electron chi connectivity index (χ3n) is 2.73. The van der Waals surface area contributed by atoms with Crippen molar-refractivity contribution in [1.29, 1.82) is 0 Å². The first kappa shape index (κ1) is 13.0. The highest BCUT2D eigenvalue weighted by atomic mass is 32.2. The monoisotopic (exact) mass is 269 g/mol. The van der Waals surface area contributed by atoms with E-state index in [1.807, 2.05) is 0 Å². The molecule has 2 rings (SSSR count). The summed E-state index contributed by atoms with van der Waals surface area (Å²) in [5.74, 6) is 0.371. The topological polar surface area (TPSA) is 109 Å². The molecule has 0 saturated carbocycles. The first-order chi connectivity index (χ1) is 8.30. The molecule has 1 aromatic heterocycles. The predicted octanol–water partition coefficient (Wildman–Crippen LogP) is 0.347. The number of hydrogen-bond acceptors (Lipinski definition) is 5. The van der Waals surface area contributed by atoms with Crippen molar-refractivity contribution in [2.45, 2.75) is 24.0 Å². The maximum absolute atomic E-state index is 11.6. The van der Waals surface area contributed by atoms with Crippen LogP contribution >= 0.6 is 0 Å². The second-order valence-corrected chi connectivity index (χ2v) is 6.30. The molecule has 1 aromatic carbocycles. The summed E-state index contributed by atoms with van der Waals surface area (Å²) in [5.41, 5.74) is 6.71. The molecule has 2 aromatic rings. The van der Waals surface area contributed by atoms with Gasteiger partial charge in [0, 0.05) is 6.26 Å². The molecule has 2 atom stereocenters. The van der Waals surface area contributed by atoms with Gasteiger partial charge in [0.25, 0.3) is 0 Å². The number of imidazole rings is 1. The Bertz CT molecular complexity index is 676. The molecule has 0 spiro atoms. The van der Waals surface area contributed by atoms with Gasteiger partial charge in [-0.2, -0.15) is 0 Å². The summed E-state index contributed by atoms with van der Waals surface area (Å²) in [5, 5.41) is 9.43. The molecule has 0 saturated heterocycles. The third kappa shape index (κ3) is 2.24. The van der Waals surface area contributed by atoms with Crippen molar-refractivity contribution >= 4 is 20.9 Å². The van der Waals surface area contributed by atoms with Crippen LogP contribution in [0.1, 0.15) is 18.8 Å². The highest BCUT2D eigenvalue weighted by Crippen LogP contribution is 2.23. The minimum atomic E-state index is -3.35. The fraction of sp³-hybridized carbons (Fsp3) is 0.364. The fourth-order valence-corrected chi connectivity index (χ4v) is 2.54. The minimum absolute atomic E-state index is 0.153. The number of aliphatic hydroxyl groups excluding tert-OH is 1. The maximum atomic E-state index is 11.6. The Balaban J connectivity index is 2.66. The molecule has 0 fully saturated rings. The molecule has 18 heavy (non-hydrogen) atoms. The number of aromatic nitrogens is 2. The van der Waals surface area contributed by atoms with Gasteiger partial charge in [0.1, 0.15) is 11.3 Å². The number of sulfone groups is 1. The summed E-state index contributed by atoms with van der Waals surface area (Å²) < 4.78 is 23.3. The fourth-order valence-electron chi connectivity index (χ4n) is 1.71. The van der Waals surface area contributed by atoms with Crippen LogP contribution in [0.15, 0.2) is 23.1 Å². The standard InChI is InChI=1S/C11H15N3O3S/c1-6(15)9(12)11-13-7-4-3-5-8(10(7)14-11)18(2,16)17/h3-6,9,15H,12H2,1-2H3,(H,13,14). The van der Waals surface area contributed by atoms with Crippen molar-refractivity contribution in [1.82, 2.24) is 9.97 Å². The summed E-state index contributed by atoms with van der Waals surface area (Å²) >= 11 is 0. The third-order valence-corrected chi connectivity index (χ3v) is 3.86. The molecule has 98 valence electrons. The van der Waals surface area contributed by atoms with Crippen LogP contribution in [0, 0.1) is 0 Å². The van der Waals surface area contributed by atoms with E-state index >= 15 is 0 Å². The smallest absolute Gasteiger partial charge is 0.177 e. The van der Waals surface area contributed by atoms with Crippen LogP contribution in [-0.4, -0.2) is 35.9 Å². The first-order valence-electron chi connectivity index (χ1n) is 5.43. The van der Waals surface area contributed by atoms with E-state index in [-0.39, 0.29) is 4.90 Å². The predicted molar refractivity (Wildman–Crippen MR) is 67.8 cm³/mol. The number of aromatic amines is 1. The van der Waals surface area contributed by atoms with Gasteiger partial charge in [-0.05, 0) is 19.1 Å². The highest BCUT2D eigenvalue weighted by Gasteiger charge is 2.19. The molecule has 0 amide bonds. The molecule has 2 unspecified atom stereocenters. The number of fused-ring (bicyclic) bond motifs is 1. The summed E-state index contributed by atoms with van der Waals surface area (Å²) in [4.78, 5) is 7.26. The molecule has 0 aliphatic carbocycles. The number of H-pyrrole nitrogens is 1. The summed E-state index contributed by atoms with van der Waals surface area (Å²) in [6.45, 7) is 1.55. The van der Waals surface area contributed by atoms with E-state index in [4.69, 9.17) is 5.73 Å². The number of nitrogens with zero attached hydrogens (tertiary/aromatic N) is 1. The number of hydrogen-bond donors (Lipinski definition) is 3. The average molecular weight is 269 g/mol. The molecule has 4 N–H and O–H groups in total. The zero-order valence-electron chi connectivity index (χ0n) is 10.1. The van der Waals surface area contributed by atoms with E-state index in [9.17, 15) is 13.5 Å². The number of aliphatic hydroxyl groups is 1. The Morgan fingerprint density at radius 1 is 1.44 bits per heavy atom. The van der Waals surface area contributed by atoms with E-state index in [0.717, 1.165) is 6.26 Å². The van der Waals surface area contributed by atoms with Gasteiger partial charge in [0.05, 0.1) is 22.6 Å². The van der Waals surface area contributed by atoms with Crippen LogP contribution in [0.5, 0.6) is 0 Å². The Morgan fingerprint density at radius 2 is 2.11 bits per heavy atom. The Labute approximate surface area is 105 Å². The summed E-state index contributed by atoms with van der Waals surface area (Å²) in [6.07, 6.45) is 0.359. The van der Waals surface area contributed by atoms with Gasteiger partial charge >= 0.3 is 0 Å². The maximum Gasteiger partial charge on any atom is 0.177 e. The van der Waals surface area contributed by atoms with Crippen molar-refractivity contribution in [3.63, 3.8) is 0 Å². The SMILES string of the molecule is CC(O)C(N)c1nc2c(S(C)(=O)=O)cccc2[nH]1. The summed E-state index contributed by atoms with van der Waals surface area (Å²) in [6, 6.07) is 4.17. The normalized spacial score (nSPS) is 15.8. The van der Waals surface area contributed by atoms with Crippen LogP contribution in [0.4, 0.5) is 0 Å². The largest absolute Gasteiger partial charge is 0.391 e. The zero-order chi connectivity index (χ0) is 13.5. The summed E-state index contributed by atoms with van der Waals surface area (Å²) in [7, 11) is -3.35. The molecule has 1 heterocycles. The van der Waals surface area contributed by atoms with E-state index in [0.29, 0.717) is 16.9 Å². The lowest BCUT2D eigenvalue weighted by atomic mass is 10.2. The lowest BCUT2D eigenvalue weighted by Crippen LogP contribution is -2.24. The highest BCUT2D eigenvalue weighted by molar-refractivity contribution is 7.91. The molecule has 0 aliphatic heterocycles. The van der Waals surface area contributed by atoms with Crippen LogP contribution < -0.4 is 5.73 Å². The van der Waals surface area contributed by atoms with Crippen LogP contribution in [0.2, 0.25) is 0 Å². The first-order valence-corrected chi connectivity index (χ1v) is 7.32. The molecular formula is C11H15N3O3S. The minimum Gasteiger partial charge on any atom is -0.391 e. The van der Waals surface area contributed by atoms with Gasteiger partial charge < -0.3 is 15.8 Å². The van der Waals surface area contributed by atoms with Crippen molar-refractivity contribution in [3.8, 4) is 0 Å². The number of benzene rings is 1. The van der Waals surface area contributed by atoms with Crippen LogP contribution in [0.25, 0.3) is 11.0 Å². The van der Waals surface area contributed by atoms with E-state index in [1.54, 1.807) is 19.1 Å². The van der Waals surface area contributed by atoms with Gasteiger partial charge in [0.15, 0.2) is 9.84 Å². The van der Waals surface area contributed by atoms with Crippen LogP contribution in [-0.2, 0) is 9.84 Å². The van der Waals surface area contributed by atoms with Crippen molar-refractivity contribution in [3.05, 3.63) is 24.0 Å². The number of para-hydroxylation sites is 1. The second-order valence-electron chi connectivity index (χ2n) is 4.31. The number of nitrogens with two attached hydrogens (primary N) is 1. The van der Waals surface area contributed by atoms with Crippen molar-refractivity contribution < 1.29 is 13.5 Å². The lowest BCUT2D eigenvalue weighted by molar-refractivity contribution is 0.161. The molecule has 0 bridgehead atoms. The number of nitrogens with one attached hydrogen (secondary N) is 1. The van der Waals surface area contributed by atoms with Gasteiger partial charge in [-0.3, -0.25) is 0 Å². The van der Waals surface area contributed by atoms with Crippen molar-refractivity contribution in [2.24, 2.45) is 5.73 Å². The van der Waals surface area contributed by atoms with Gasteiger partial charge in [-0.1, -0.05) is 6.07 Å². The molecule has 6 nitrogen and oxygen atoms in total. The van der Waals surface area contributed by atoms with Crippen LogP contribution in [0.3, 0.4) is 0 Å². The molecule has 0 aliphatic rings. The Kier molecular flexibility index (Phi) is 3.14. The Hall–Kier alpha value is -1.44. The zero-order valence-corrected chi connectivity index (χ0v) is 10.9. The molecular weight excluding hydrogens is 254 g/mol. The molecule has 0 radical (unpaired) electrons. The van der Waals surface area contributed by atoms with Crippen molar-refractivity contribution in [2.75, 3.05) is 6.26 Å². The molecule has 7 heteroatoms. The van der Waals surface area contributed by atoms with E-state index < -0.39 is 22.0 Å². The number of rotatable bonds is 3. The van der Waals surface area contributed by atoms with Gasteiger partial charge in [0.2, 0.25) is 0 Å². The second kappa shape index (κ2) is 4.34.